The zero-order valence-corrected chi connectivity index (χ0v) is 12.7. The summed E-state index contributed by atoms with van der Waals surface area (Å²) in [5, 5.41) is 0. The molecular weight excluding hydrogens is 294 g/mol. The van der Waals surface area contributed by atoms with Gasteiger partial charge < -0.3 is 10.6 Å². The van der Waals surface area contributed by atoms with Gasteiger partial charge in [-0.2, -0.15) is 0 Å². The van der Waals surface area contributed by atoms with Gasteiger partial charge in [0.25, 0.3) is 0 Å². The first-order valence-electron chi connectivity index (χ1n) is 6.15. The molecule has 1 aliphatic heterocycles. The third-order valence-electron chi connectivity index (χ3n) is 3.33. The maximum Gasteiger partial charge on any atom is 0.148 e. The highest BCUT2D eigenvalue weighted by atomic mass is 79.9. The third kappa shape index (κ3) is 2.75. The molecule has 2 heterocycles. The topological polar surface area (TPSA) is 58.3 Å². The molecule has 0 atom stereocenters. The van der Waals surface area contributed by atoms with Crippen molar-refractivity contribution in [3.8, 4) is 0 Å². The van der Waals surface area contributed by atoms with E-state index < -0.39 is 0 Å². The van der Waals surface area contributed by atoms with Gasteiger partial charge in [-0.15, -0.1) is 0 Å². The Balaban J connectivity index is 2.08. The van der Waals surface area contributed by atoms with E-state index in [1.54, 1.807) is 0 Å². The molecule has 0 bridgehead atoms. The number of nitrogens with two attached hydrogens (primary N) is 1. The lowest BCUT2D eigenvalue weighted by Crippen LogP contribution is -2.53. The van der Waals surface area contributed by atoms with E-state index in [-0.39, 0.29) is 5.54 Å². The number of piperazine rings is 1. The Morgan fingerprint density at radius 2 is 1.78 bits per heavy atom. The normalized spacial score (nSPS) is 18.1. The van der Waals surface area contributed by atoms with E-state index in [0.717, 1.165) is 36.5 Å². The number of aromatic nitrogens is 2. The highest BCUT2D eigenvalue weighted by Crippen LogP contribution is 2.28. The summed E-state index contributed by atoms with van der Waals surface area (Å²) in [6.45, 7) is 10.8. The molecule has 5 nitrogen and oxygen atoms in total. The predicted octanol–water partition coefficient (Wildman–Crippen LogP) is 1.74. The van der Waals surface area contributed by atoms with Gasteiger partial charge in [-0.3, -0.25) is 4.90 Å². The molecule has 1 aromatic rings. The van der Waals surface area contributed by atoms with Crippen LogP contribution in [0.4, 0.5) is 11.6 Å². The number of anilines is 2. The number of nitrogen functional groups attached to an aromatic ring is 1. The van der Waals surface area contributed by atoms with Gasteiger partial charge in [-0.05, 0) is 36.7 Å². The van der Waals surface area contributed by atoms with Crippen molar-refractivity contribution >= 4 is 27.6 Å². The number of rotatable bonds is 1. The predicted molar refractivity (Wildman–Crippen MR) is 77.7 cm³/mol. The van der Waals surface area contributed by atoms with Gasteiger partial charge in [0.1, 0.15) is 22.4 Å². The fraction of sp³-hybridized carbons (Fsp3) is 0.667. The van der Waals surface area contributed by atoms with Crippen LogP contribution < -0.4 is 10.6 Å². The Labute approximate surface area is 117 Å². The van der Waals surface area contributed by atoms with Crippen LogP contribution in [0.15, 0.2) is 10.8 Å². The first-order valence-corrected chi connectivity index (χ1v) is 6.95. The molecule has 0 saturated carbocycles. The van der Waals surface area contributed by atoms with Crippen molar-refractivity contribution in [2.24, 2.45) is 0 Å². The quantitative estimate of drug-likeness (QED) is 0.856. The van der Waals surface area contributed by atoms with Crippen molar-refractivity contribution in [2.45, 2.75) is 26.3 Å². The highest BCUT2D eigenvalue weighted by Gasteiger charge is 2.27. The van der Waals surface area contributed by atoms with E-state index in [2.05, 4.69) is 56.5 Å². The lowest BCUT2D eigenvalue weighted by Gasteiger charge is -2.42. The van der Waals surface area contributed by atoms with Crippen LogP contribution in [0.2, 0.25) is 0 Å². The average molecular weight is 314 g/mol. The Morgan fingerprint density at radius 3 is 2.33 bits per heavy atom. The zero-order chi connectivity index (χ0) is 13.3. The summed E-state index contributed by atoms with van der Waals surface area (Å²) in [7, 11) is 0. The van der Waals surface area contributed by atoms with Gasteiger partial charge in [-0.25, -0.2) is 9.97 Å². The van der Waals surface area contributed by atoms with Crippen LogP contribution in [0.25, 0.3) is 0 Å². The summed E-state index contributed by atoms with van der Waals surface area (Å²) >= 11 is 3.47. The molecule has 0 radical (unpaired) electrons. The fourth-order valence-corrected chi connectivity index (χ4v) is 2.64. The highest BCUT2D eigenvalue weighted by molar-refractivity contribution is 9.10. The minimum atomic E-state index is 0.230. The lowest BCUT2D eigenvalue weighted by atomic mass is 10.1. The number of hydrogen-bond acceptors (Lipinski definition) is 5. The minimum Gasteiger partial charge on any atom is -0.383 e. The average Bonchev–Trinajstić information content (AvgIpc) is 2.32. The van der Waals surface area contributed by atoms with E-state index in [0.29, 0.717) is 5.82 Å². The monoisotopic (exact) mass is 313 g/mol. The van der Waals surface area contributed by atoms with Crippen LogP contribution in [0.3, 0.4) is 0 Å². The number of hydrogen-bond donors (Lipinski definition) is 1. The molecule has 1 fully saturated rings. The van der Waals surface area contributed by atoms with Crippen molar-refractivity contribution in [1.82, 2.24) is 14.9 Å². The van der Waals surface area contributed by atoms with E-state index in [9.17, 15) is 0 Å². The van der Waals surface area contributed by atoms with Gasteiger partial charge in [-0.1, -0.05) is 0 Å². The minimum absolute atomic E-state index is 0.230. The third-order valence-corrected chi connectivity index (χ3v) is 4.09. The van der Waals surface area contributed by atoms with Crippen LogP contribution in [-0.2, 0) is 0 Å². The van der Waals surface area contributed by atoms with Crippen LogP contribution in [0, 0.1) is 0 Å². The Morgan fingerprint density at radius 1 is 1.17 bits per heavy atom. The summed E-state index contributed by atoms with van der Waals surface area (Å²) < 4.78 is 0.800. The zero-order valence-electron chi connectivity index (χ0n) is 11.1. The van der Waals surface area contributed by atoms with Crippen molar-refractivity contribution in [1.29, 1.82) is 0 Å². The molecule has 1 saturated heterocycles. The van der Waals surface area contributed by atoms with Crippen molar-refractivity contribution in [3.05, 3.63) is 10.8 Å². The molecule has 1 aliphatic rings. The van der Waals surface area contributed by atoms with Crippen LogP contribution in [0.5, 0.6) is 0 Å². The van der Waals surface area contributed by atoms with E-state index in [1.165, 1.54) is 6.33 Å². The van der Waals surface area contributed by atoms with E-state index in [1.807, 2.05) is 0 Å². The Kier molecular flexibility index (Phi) is 3.77. The van der Waals surface area contributed by atoms with Gasteiger partial charge in [0.2, 0.25) is 0 Å². The first kappa shape index (κ1) is 13.5. The van der Waals surface area contributed by atoms with Crippen molar-refractivity contribution in [3.63, 3.8) is 0 Å². The molecular formula is C12H20BrN5. The van der Waals surface area contributed by atoms with E-state index in [4.69, 9.17) is 5.73 Å². The van der Waals surface area contributed by atoms with Gasteiger partial charge in [0, 0.05) is 31.7 Å². The van der Waals surface area contributed by atoms with Gasteiger partial charge >= 0.3 is 0 Å². The second-order valence-corrected chi connectivity index (χ2v) is 6.33. The maximum atomic E-state index is 5.79. The molecule has 100 valence electrons. The largest absolute Gasteiger partial charge is 0.383 e. The smallest absolute Gasteiger partial charge is 0.148 e. The summed E-state index contributed by atoms with van der Waals surface area (Å²) in [6, 6.07) is 0. The molecule has 0 aromatic carbocycles. The molecule has 0 amide bonds. The van der Waals surface area contributed by atoms with Gasteiger partial charge in [0.15, 0.2) is 0 Å². The summed E-state index contributed by atoms with van der Waals surface area (Å²) in [4.78, 5) is 13.0. The molecule has 2 rings (SSSR count). The molecule has 0 spiro atoms. The van der Waals surface area contributed by atoms with Gasteiger partial charge in [0.05, 0.1) is 0 Å². The summed E-state index contributed by atoms with van der Waals surface area (Å²) in [6.07, 6.45) is 1.52. The van der Waals surface area contributed by atoms with E-state index >= 15 is 0 Å². The maximum absolute atomic E-state index is 5.79. The number of halogens is 1. The molecule has 2 N–H and O–H groups in total. The van der Waals surface area contributed by atoms with Crippen molar-refractivity contribution in [2.75, 3.05) is 36.8 Å². The summed E-state index contributed by atoms with van der Waals surface area (Å²) in [5.41, 5.74) is 6.02. The molecule has 0 unspecified atom stereocenters. The standard InChI is InChI=1S/C12H20BrN5/c1-12(2,3)18-6-4-17(5-7-18)11-9(13)10(14)15-8-16-11/h8H,4-7H2,1-3H3,(H2,14,15,16). The molecule has 1 aromatic heterocycles. The number of nitrogens with zero attached hydrogens (tertiary/aromatic N) is 4. The Hall–Kier alpha value is -0.880. The Bertz CT molecular complexity index is 421. The summed E-state index contributed by atoms with van der Waals surface area (Å²) in [5.74, 6) is 1.40. The van der Waals surface area contributed by atoms with Crippen molar-refractivity contribution < 1.29 is 0 Å². The second kappa shape index (κ2) is 5.01. The molecule has 6 heteroatoms. The second-order valence-electron chi connectivity index (χ2n) is 5.54. The van der Waals surface area contributed by atoms with Crippen LogP contribution >= 0.6 is 15.9 Å². The molecule has 0 aliphatic carbocycles. The van der Waals surface area contributed by atoms with Crippen LogP contribution in [0.1, 0.15) is 20.8 Å². The lowest BCUT2D eigenvalue weighted by molar-refractivity contribution is 0.128. The first-order chi connectivity index (χ1) is 8.39. The SMILES string of the molecule is CC(C)(C)N1CCN(c2ncnc(N)c2Br)CC1. The van der Waals surface area contributed by atoms with Crippen LogP contribution in [-0.4, -0.2) is 46.6 Å². The molecule has 18 heavy (non-hydrogen) atoms. The fourth-order valence-electron chi connectivity index (χ4n) is 2.18.